The van der Waals surface area contributed by atoms with Crippen LogP contribution in [-0.2, 0) is 10.0 Å². The van der Waals surface area contributed by atoms with Crippen LogP contribution in [0.5, 0.6) is 0 Å². The van der Waals surface area contributed by atoms with Gasteiger partial charge in [-0.05, 0) is 6.07 Å². The third kappa shape index (κ3) is 3.04. The number of thioether (sulfide) groups is 1. The summed E-state index contributed by atoms with van der Waals surface area (Å²) in [6.07, 6.45) is 3.00. The average Bonchev–Trinajstić information content (AvgIpc) is 2.37. The molecule has 1 N–H and O–H groups in total. The molecule has 0 aromatic carbocycles. The molecule has 106 valence electrons. The van der Waals surface area contributed by atoms with Gasteiger partial charge in [0, 0.05) is 43.0 Å². The largest absolute Gasteiger partial charge is 0.387 e. The number of anilines is 1. The molecule has 1 aliphatic rings. The quantitative estimate of drug-likeness (QED) is 0.919. The highest BCUT2D eigenvalue weighted by Crippen LogP contribution is 2.30. The maximum absolute atomic E-state index is 12.7. The van der Waals surface area contributed by atoms with Crippen LogP contribution < -0.4 is 5.32 Å². The molecule has 1 aromatic heterocycles. The zero-order valence-corrected chi connectivity index (χ0v) is 13.0. The Hall–Kier alpha value is -0.790. The Labute approximate surface area is 118 Å². The van der Waals surface area contributed by atoms with Crippen molar-refractivity contribution >= 4 is 27.5 Å². The van der Waals surface area contributed by atoms with Gasteiger partial charge in [0.25, 0.3) is 0 Å². The highest BCUT2D eigenvalue weighted by Gasteiger charge is 2.33. The lowest BCUT2D eigenvalue weighted by Crippen LogP contribution is -2.44. The van der Waals surface area contributed by atoms with Crippen LogP contribution in [-0.4, -0.2) is 48.3 Å². The minimum absolute atomic E-state index is 0.254. The Balaban J connectivity index is 2.36. The van der Waals surface area contributed by atoms with Crippen LogP contribution in [0.25, 0.3) is 0 Å². The minimum atomic E-state index is -3.48. The summed E-state index contributed by atoms with van der Waals surface area (Å²) in [4.78, 5) is 4.19. The summed E-state index contributed by atoms with van der Waals surface area (Å²) in [6, 6.07) is 1.68. The van der Waals surface area contributed by atoms with Crippen molar-refractivity contribution in [3.8, 4) is 0 Å². The van der Waals surface area contributed by atoms with Gasteiger partial charge in [0.2, 0.25) is 10.0 Å². The van der Waals surface area contributed by atoms with E-state index in [9.17, 15) is 8.42 Å². The second-order valence-electron chi connectivity index (χ2n) is 4.70. The molecular formula is C12H19N3O2S2. The number of hydrogen-bond acceptors (Lipinski definition) is 5. The van der Waals surface area contributed by atoms with E-state index < -0.39 is 10.0 Å². The molecule has 0 radical (unpaired) electrons. The summed E-state index contributed by atoms with van der Waals surface area (Å²) in [5, 5.41) is 3.54. The smallest absolute Gasteiger partial charge is 0.246 e. The number of sulfonamides is 1. The molecule has 19 heavy (non-hydrogen) atoms. The van der Waals surface area contributed by atoms with E-state index in [1.54, 1.807) is 23.6 Å². The Morgan fingerprint density at radius 1 is 1.37 bits per heavy atom. The summed E-state index contributed by atoms with van der Waals surface area (Å²) in [6.45, 7) is 5.22. The molecule has 0 bridgehead atoms. The van der Waals surface area contributed by atoms with E-state index in [1.165, 1.54) is 6.20 Å². The van der Waals surface area contributed by atoms with Gasteiger partial charge in [-0.1, -0.05) is 13.8 Å². The first kappa shape index (κ1) is 14.6. The fourth-order valence-corrected chi connectivity index (χ4v) is 5.53. The van der Waals surface area contributed by atoms with Crippen molar-refractivity contribution < 1.29 is 8.42 Å². The average molecular weight is 301 g/mol. The van der Waals surface area contributed by atoms with E-state index in [1.807, 2.05) is 11.8 Å². The zero-order chi connectivity index (χ0) is 14.0. The summed E-state index contributed by atoms with van der Waals surface area (Å²) >= 11 is 1.83. The van der Waals surface area contributed by atoms with Crippen LogP contribution in [0.3, 0.4) is 0 Å². The van der Waals surface area contributed by atoms with Crippen molar-refractivity contribution in [2.24, 2.45) is 0 Å². The molecule has 2 rings (SSSR count). The van der Waals surface area contributed by atoms with Gasteiger partial charge < -0.3 is 5.32 Å². The molecular weight excluding hydrogens is 282 g/mol. The van der Waals surface area contributed by atoms with Crippen LogP contribution >= 0.6 is 11.8 Å². The fourth-order valence-electron chi connectivity index (χ4n) is 2.26. The predicted octanol–water partition coefficient (Wildman–Crippen LogP) is 1.64. The van der Waals surface area contributed by atoms with Crippen LogP contribution in [0, 0.1) is 0 Å². The molecule has 1 saturated heterocycles. The van der Waals surface area contributed by atoms with Crippen LogP contribution in [0.4, 0.5) is 5.69 Å². The number of nitrogens with zero attached hydrogens (tertiary/aromatic N) is 2. The number of rotatable bonds is 3. The molecule has 2 unspecified atom stereocenters. The summed E-state index contributed by atoms with van der Waals surface area (Å²) in [5.74, 6) is 0. The monoisotopic (exact) mass is 301 g/mol. The molecule has 0 amide bonds. The van der Waals surface area contributed by atoms with E-state index in [0.29, 0.717) is 29.3 Å². The van der Waals surface area contributed by atoms with Crippen molar-refractivity contribution in [3.63, 3.8) is 0 Å². The molecule has 7 heteroatoms. The van der Waals surface area contributed by atoms with Gasteiger partial charge in [-0.25, -0.2) is 8.42 Å². The summed E-state index contributed by atoms with van der Waals surface area (Å²) < 4.78 is 27.0. The molecule has 1 fully saturated rings. The Kier molecular flexibility index (Phi) is 4.37. The third-order valence-corrected chi connectivity index (χ3v) is 6.14. The third-order valence-electron chi connectivity index (χ3n) is 3.06. The van der Waals surface area contributed by atoms with E-state index >= 15 is 0 Å². The van der Waals surface area contributed by atoms with Gasteiger partial charge >= 0.3 is 0 Å². The van der Waals surface area contributed by atoms with Gasteiger partial charge in [0.15, 0.2) is 0 Å². The van der Waals surface area contributed by atoms with Crippen LogP contribution in [0.1, 0.15) is 13.8 Å². The lowest BCUT2D eigenvalue weighted by Gasteiger charge is -2.33. The Morgan fingerprint density at radius 3 is 2.58 bits per heavy atom. The minimum Gasteiger partial charge on any atom is -0.387 e. The lowest BCUT2D eigenvalue weighted by atomic mass is 10.4. The first-order valence-electron chi connectivity index (χ1n) is 6.22. The predicted molar refractivity (Wildman–Crippen MR) is 79.1 cm³/mol. The van der Waals surface area contributed by atoms with Crippen LogP contribution in [0.2, 0.25) is 0 Å². The molecule has 2 heterocycles. The Bertz CT molecular complexity index is 538. The normalized spacial score (nSPS) is 25.2. The summed E-state index contributed by atoms with van der Waals surface area (Å²) in [7, 11) is -1.76. The summed E-state index contributed by atoms with van der Waals surface area (Å²) in [5.41, 5.74) is 0.591. The van der Waals surface area contributed by atoms with Crippen molar-refractivity contribution in [1.82, 2.24) is 9.29 Å². The number of nitrogens with one attached hydrogen (secondary N) is 1. The molecule has 1 aliphatic heterocycles. The molecule has 0 spiro atoms. The van der Waals surface area contributed by atoms with E-state index in [-0.39, 0.29) is 4.90 Å². The second kappa shape index (κ2) is 5.68. The standard InChI is InChI=1S/C12H19N3O2S2/c1-9-7-15(8-10(2)18-9)19(16,17)12-6-14-5-4-11(12)13-3/h4-6,9-10H,7-8H2,1-3H3,(H,13,14). The second-order valence-corrected chi connectivity index (χ2v) is 8.49. The van der Waals surface area contributed by atoms with E-state index in [0.717, 1.165) is 0 Å². The van der Waals surface area contributed by atoms with Gasteiger partial charge in [-0.3, -0.25) is 4.98 Å². The maximum atomic E-state index is 12.7. The number of aromatic nitrogens is 1. The van der Waals surface area contributed by atoms with Gasteiger partial charge in [0.05, 0.1) is 5.69 Å². The molecule has 0 aliphatic carbocycles. The zero-order valence-electron chi connectivity index (χ0n) is 11.3. The highest BCUT2D eigenvalue weighted by molar-refractivity contribution is 8.00. The molecule has 1 aromatic rings. The van der Waals surface area contributed by atoms with Crippen LogP contribution in [0.15, 0.2) is 23.4 Å². The van der Waals surface area contributed by atoms with Gasteiger partial charge in [0.1, 0.15) is 4.90 Å². The van der Waals surface area contributed by atoms with Crippen molar-refractivity contribution in [3.05, 3.63) is 18.5 Å². The molecule has 5 nitrogen and oxygen atoms in total. The van der Waals surface area contributed by atoms with Gasteiger partial charge in [-0.2, -0.15) is 16.1 Å². The van der Waals surface area contributed by atoms with Crippen molar-refractivity contribution in [1.29, 1.82) is 0 Å². The first-order valence-corrected chi connectivity index (χ1v) is 8.61. The molecule has 2 atom stereocenters. The lowest BCUT2D eigenvalue weighted by molar-refractivity contribution is 0.405. The topological polar surface area (TPSA) is 62.3 Å². The fraction of sp³-hybridized carbons (Fsp3) is 0.583. The van der Waals surface area contributed by atoms with Crippen molar-refractivity contribution in [2.75, 3.05) is 25.5 Å². The maximum Gasteiger partial charge on any atom is 0.246 e. The number of hydrogen-bond donors (Lipinski definition) is 1. The van der Waals surface area contributed by atoms with E-state index in [4.69, 9.17) is 0 Å². The SMILES string of the molecule is CNc1ccncc1S(=O)(=O)N1CC(C)SC(C)C1. The van der Waals surface area contributed by atoms with E-state index in [2.05, 4.69) is 24.1 Å². The first-order chi connectivity index (χ1) is 8.95. The van der Waals surface area contributed by atoms with Gasteiger partial charge in [-0.15, -0.1) is 0 Å². The number of pyridine rings is 1. The molecule has 0 saturated carbocycles. The Morgan fingerprint density at radius 2 is 2.00 bits per heavy atom. The van der Waals surface area contributed by atoms with Crippen molar-refractivity contribution in [2.45, 2.75) is 29.2 Å². The highest BCUT2D eigenvalue weighted by atomic mass is 32.2.